The van der Waals surface area contributed by atoms with E-state index in [1.807, 2.05) is 6.92 Å². The molecule has 0 saturated carbocycles. The highest BCUT2D eigenvalue weighted by molar-refractivity contribution is 9.11. The minimum Gasteiger partial charge on any atom is -0.349 e. The minimum atomic E-state index is -5.04. The van der Waals surface area contributed by atoms with Gasteiger partial charge in [-0.25, -0.2) is 4.39 Å². The van der Waals surface area contributed by atoms with Crippen LogP contribution in [0.2, 0.25) is 0 Å². The van der Waals surface area contributed by atoms with E-state index in [-0.39, 0.29) is 11.6 Å². The molecule has 2 atom stereocenters. The zero-order chi connectivity index (χ0) is 26.6. The molecule has 0 aromatic heterocycles. The highest BCUT2D eigenvalue weighted by Gasteiger charge is 2.40. The monoisotopic (exact) mass is 649 g/mol. The molecule has 1 N–H and O–H groups in total. The van der Waals surface area contributed by atoms with Gasteiger partial charge >= 0.3 is 12.4 Å². The van der Waals surface area contributed by atoms with Crippen molar-refractivity contribution in [3.05, 3.63) is 73.7 Å². The topological polar surface area (TPSA) is 29.1 Å². The van der Waals surface area contributed by atoms with Crippen molar-refractivity contribution in [2.75, 3.05) is 11.5 Å². The van der Waals surface area contributed by atoms with Crippen LogP contribution in [0.4, 0.5) is 30.7 Å². The van der Waals surface area contributed by atoms with E-state index < -0.39 is 52.7 Å². The molecular weight excluding hydrogens is 631 g/mol. The Morgan fingerprint density at radius 3 is 2.17 bits per heavy atom. The maximum atomic E-state index is 14.9. The van der Waals surface area contributed by atoms with Crippen molar-refractivity contribution in [3.8, 4) is 0 Å². The molecule has 0 aliphatic heterocycles. The number of nitrogens with one attached hydrogen (secondary N) is 1. The lowest BCUT2D eigenvalue weighted by Gasteiger charge is -2.19. The Labute approximate surface area is 219 Å². The molecule has 1 amide bonds. The number of hydrogen-bond donors (Lipinski definition) is 1. The molecule has 0 saturated heterocycles. The Kier molecular flexibility index (Phi) is 10.3. The van der Waals surface area contributed by atoms with Crippen LogP contribution in [-0.2, 0) is 6.18 Å². The van der Waals surface area contributed by atoms with Crippen LogP contribution in [0.3, 0.4) is 0 Å². The van der Waals surface area contributed by atoms with E-state index >= 15 is 0 Å². The fraction of sp³-hybridized carbons (Fsp3) is 0.348. The van der Waals surface area contributed by atoms with Gasteiger partial charge in [-0.05, 0) is 54.6 Å². The van der Waals surface area contributed by atoms with Crippen molar-refractivity contribution < 1.29 is 35.5 Å². The number of hydrogen-bond acceptors (Lipinski definition) is 2. The van der Waals surface area contributed by atoms with Crippen LogP contribution in [0, 0.1) is 0 Å². The van der Waals surface area contributed by atoms with Gasteiger partial charge < -0.3 is 5.32 Å². The van der Waals surface area contributed by atoms with Crippen LogP contribution in [-0.4, -0.2) is 29.6 Å². The average molecular weight is 651 g/mol. The second-order valence-corrected chi connectivity index (χ2v) is 10.7. The van der Waals surface area contributed by atoms with Gasteiger partial charge in [0.15, 0.2) is 0 Å². The molecule has 2 aromatic rings. The molecule has 35 heavy (non-hydrogen) atoms. The van der Waals surface area contributed by atoms with Gasteiger partial charge in [0.1, 0.15) is 11.7 Å². The zero-order valence-corrected chi connectivity index (χ0v) is 22.3. The van der Waals surface area contributed by atoms with E-state index in [1.165, 1.54) is 17.8 Å². The Morgan fingerprint density at radius 1 is 1.06 bits per heavy atom. The lowest BCUT2D eigenvalue weighted by atomic mass is 9.95. The number of amides is 1. The standard InChI is InChI=1S/C23H20Br2F7NOS/c1-3-35-11-12(2)33-21(34)17-5-4-13(8-19(17)23(30,31)32)20(26)10-18(22(27,28)29)14-6-15(24)9-16(25)7-14/h4-10,12,18H,3,11H2,1-2H3,(H,33,34)/b20-10-/t12-,18?/m1/s1. The number of benzene rings is 2. The van der Waals surface area contributed by atoms with Crippen LogP contribution >= 0.6 is 43.6 Å². The second-order valence-electron chi connectivity index (χ2n) is 7.53. The normalized spacial score (nSPS) is 14.5. The first kappa shape index (κ1) is 29.7. The molecule has 0 bridgehead atoms. The Morgan fingerprint density at radius 2 is 1.66 bits per heavy atom. The van der Waals surface area contributed by atoms with E-state index in [2.05, 4.69) is 37.2 Å². The first-order valence-corrected chi connectivity index (χ1v) is 12.9. The number of carbonyl (C=O) groups excluding carboxylic acids is 1. The summed E-state index contributed by atoms with van der Waals surface area (Å²) in [7, 11) is 0. The number of thioether (sulfide) groups is 1. The molecule has 2 rings (SSSR count). The maximum Gasteiger partial charge on any atom is 0.417 e. The summed E-state index contributed by atoms with van der Waals surface area (Å²) in [6.45, 7) is 3.52. The fourth-order valence-corrected chi connectivity index (χ4v) is 5.14. The van der Waals surface area contributed by atoms with Gasteiger partial charge in [-0.15, -0.1) is 0 Å². The third-order valence-electron chi connectivity index (χ3n) is 4.70. The average Bonchev–Trinajstić information content (AvgIpc) is 2.73. The summed E-state index contributed by atoms with van der Waals surface area (Å²) in [5, 5.41) is 2.45. The molecule has 12 heteroatoms. The SMILES string of the molecule is CCSC[C@@H](C)NC(=O)c1ccc(/C(F)=C/C(c2cc(Br)cc(Br)c2)C(F)(F)F)cc1C(F)(F)F. The summed E-state index contributed by atoms with van der Waals surface area (Å²) < 4.78 is 97.7. The van der Waals surface area contributed by atoms with E-state index in [4.69, 9.17) is 0 Å². The molecule has 1 unspecified atom stereocenters. The van der Waals surface area contributed by atoms with Crippen molar-refractivity contribution >= 4 is 55.4 Å². The van der Waals surface area contributed by atoms with Crippen LogP contribution in [0.25, 0.3) is 5.83 Å². The predicted molar refractivity (Wildman–Crippen MR) is 131 cm³/mol. The summed E-state index contributed by atoms with van der Waals surface area (Å²) in [6.07, 6.45) is -9.74. The van der Waals surface area contributed by atoms with Crippen molar-refractivity contribution in [2.45, 2.75) is 38.2 Å². The molecular formula is C23H20Br2F7NOS. The van der Waals surface area contributed by atoms with Gasteiger partial charge in [0.2, 0.25) is 0 Å². The molecule has 0 heterocycles. The second kappa shape index (κ2) is 12.1. The Bertz CT molecular complexity index is 1070. The van der Waals surface area contributed by atoms with E-state index in [1.54, 1.807) is 6.92 Å². The third-order valence-corrected chi connectivity index (χ3v) is 6.76. The molecule has 0 aliphatic carbocycles. The third kappa shape index (κ3) is 8.52. The highest BCUT2D eigenvalue weighted by atomic mass is 79.9. The number of allylic oxidation sites excluding steroid dienone is 1. The van der Waals surface area contributed by atoms with Crippen LogP contribution in [0.1, 0.15) is 46.8 Å². The maximum absolute atomic E-state index is 14.9. The van der Waals surface area contributed by atoms with E-state index in [0.29, 0.717) is 20.8 Å². The number of rotatable bonds is 8. The number of halogens is 9. The first-order chi connectivity index (χ1) is 16.1. The summed E-state index contributed by atoms with van der Waals surface area (Å²) in [5.74, 6) is -3.71. The van der Waals surface area contributed by atoms with Crippen molar-refractivity contribution in [2.24, 2.45) is 0 Å². The largest absolute Gasteiger partial charge is 0.417 e. The van der Waals surface area contributed by atoms with Gasteiger partial charge in [-0.1, -0.05) is 44.8 Å². The minimum absolute atomic E-state index is 0.216. The molecule has 2 nitrogen and oxygen atoms in total. The Hall–Kier alpha value is -1.53. The van der Waals surface area contributed by atoms with Crippen LogP contribution in [0.15, 0.2) is 51.4 Å². The summed E-state index contributed by atoms with van der Waals surface area (Å²) in [4.78, 5) is 12.4. The molecule has 2 aromatic carbocycles. The van der Waals surface area contributed by atoms with Crippen molar-refractivity contribution in [1.82, 2.24) is 5.32 Å². The van der Waals surface area contributed by atoms with Gasteiger partial charge in [0.05, 0.1) is 11.1 Å². The van der Waals surface area contributed by atoms with Crippen LogP contribution in [0.5, 0.6) is 0 Å². The van der Waals surface area contributed by atoms with Gasteiger partial charge in [-0.2, -0.15) is 38.1 Å². The van der Waals surface area contributed by atoms with Crippen molar-refractivity contribution in [1.29, 1.82) is 0 Å². The molecule has 0 fully saturated rings. The lowest BCUT2D eigenvalue weighted by Crippen LogP contribution is -2.35. The smallest absolute Gasteiger partial charge is 0.349 e. The number of carbonyl (C=O) groups is 1. The van der Waals surface area contributed by atoms with Gasteiger partial charge in [-0.3, -0.25) is 4.79 Å². The van der Waals surface area contributed by atoms with Gasteiger partial charge in [0.25, 0.3) is 5.91 Å². The number of alkyl halides is 6. The summed E-state index contributed by atoms with van der Waals surface area (Å²) >= 11 is 7.62. The molecule has 0 radical (unpaired) electrons. The van der Waals surface area contributed by atoms with E-state index in [0.717, 1.165) is 30.0 Å². The molecule has 192 valence electrons. The molecule has 0 aliphatic rings. The van der Waals surface area contributed by atoms with E-state index in [9.17, 15) is 35.5 Å². The molecule has 0 spiro atoms. The summed E-state index contributed by atoms with van der Waals surface area (Å²) in [6, 6.07) is 5.29. The predicted octanol–water partition coefficient (Wildman–Crippen LogP) is 8.76. The van der Waals surface area contributed by atoms with Crippen molar-refractivity contribution in [3.63, 3.8) is 0 Å². The fourth-order valence-electron chi connectivity index (χ4n) is 3.14. The Balaban J connectivity index is 2.49. The quantitative estimate of drug-likeness (QED) is 0.290. The zero-order valence-electron chi connectivity index (χ0n) is 18.3. The summed E-state index contributed by atoms with van der Waals surface area (Å²) in [5.41, 5.74) is -3.24. The highest BCUT2D eigenvalue weighted by Crippen LogP contribution is 2.41. The lowest BCUT2D eigenvalue weighted by molar-refractivity contribution is -0.140. The van der Waals surface area contributed by atoms with Crippen LogP contribution < -0.4 is 5.32 Å². The first-order valence-electron chi connectivity index (χ1n) is 10.1. The van der Waals surface area contributed by atoms with Gasteiger partial charge in [0, 0.05) is 26.3 Å².